The third kappa shape index (κ3) is 0.917. The topological polar surface area (TPSA) is 12.5 Å². The molecule has 0 radical (unpaired) electrons. The molecule has 42 valence electrons. The molecular weight excluding hydrogens is 318 g/mol. The second-order valence-corrected chi connectivity index (χ2v) is 9.12. The van der Waals surface area contributed by atoms with Crippen molar-refractivity contribution >= 4 is 22.6 Å². The number of hydrogen-bond donors (Lipinski definition) is 0. The molecule has 2 rings (SSSR count). The van der Waals surface area contributed by atoms with E-state index in [2.05, 4.69) is 22.6 Å². The molecular formula is C4H5I2O-. The van der Waals surface area contributed by atoms with Crippen LogP contribution in [0.5, 0.6) is 0 Å². The zero-order valence-electron chi connectivity index (χ0n) is 3.60. The number of ether oxygens (including phenoxy) is 1. The number of halogens is 2. The zero-order valence-corrected chi connectivity index (χ0v) is 7.92. The van der Waals surface area contributed by atoms with E-state index in [1.165, 1.54) is 6.42 Å². The van der Waals surface area contributed by atoms with Crippen LogP contribution in [-0.4, -0.2) is 12.1 Å². The Hall–Kier alpha value is 1.42. The van der Waals surface area contributed by atoms with Gasteiger partial charge in [0.25, 0.3) is 0 Å². The minimum absolute atomic E-state index is 0.455. The summed E-state index contributed by atoms with van der Waals surface area (Å²) in [4.78, 5) is 0. The normalized spacial score (nSPS) is 58.1. The van der Waals surface area contributed by atoms with Crippen LogP contribution in [0.3, 0.4) is 0 Å². The van der Waals surface area contributed by atoms with Gasteiger partial charge in [0.05, 0.1) is 0 Å². The van der Waals surface area contributed by atoms with Gasteiger partial charge in [-0.15, -0.1) is 0 Å². The van der Waals surface area contributed by atoms with Crippen LogP contribution < -0.4 is 21.2 Å². The van der Waals surface area contributed by atoms with Crippen LogP contribution in [-0.2, 0) is 4.74 Å². The summed E-state index contributed by atoms with van der Waals surface area (Å²) in [5.41, 5.74) is 0. The van der Waals surface area contributed by atoms with Crippen LogP contribution >= 0.6 is 22.6 Å². The molecule has 0 bridgehead atoms. The summed E-state index contributed by atoms with van der Waals surface area (Å²) in [5.74, 6) is 0. The molecule has 2 unspecified atom stereocenters. The molecule has 0 saturated carbocycles. The van der Waals surface area contributed by atoms with E-state index in [0.717, 1.165) is 12.1 Å². The van der Waals surface area contributed by atoms with E-state index in [1.54, 1.807) is 0 Å². The molecule has 7 heavy (non-hydrogen) atoms. The van der Waals surface area contributed by atoms with Crippen LogP contribution in [0.2, 0.25) is 0 Å². The second kappa shape index (κ2) is 1.70. The van der Waals surface area contributed by atoms with Crippen molar-refractivity contribution in [1.82, 2.24) is 0 Å². The molecule has 1 nitrogen and oxygen atoms in total. The van der Waals surface area contributed by atoms with Crippen LogP contribution in [0, 0.1) is 0 Å². The number of epoxide rings is 1. The summed E-state index contributed by atoms with van der Waals surface area (Å²) >= 11 is 3.00. The number of rotatable bonds is 0. The summed E-state index contributed by atoms with van der Waals surface area (Å²) in [7, 11) is 0. The molecule has 2 saturated heterocycles. The SMILES string of the molecule is IC1C[C@H]2OC2[I-]1. The molecule has 3 heteroatoms. The van der Waals surface area contributed by atoms with Gasteiger partial charge in [0.1, 0.15) is 0 Å². The zero-order chi connectivity index (χ0) is 4.85. The first kappa shape index (κ1) is 5.22. The minimum atomic E-state index is 0.455. The maximum atomic E-state index is 5.27. The predicted molar refractivity (Wildman–Crippen MR) is 31.1 cm³/mol. The van der Waals surface area contributed by atoms with Gasteiger partial charge in [-0.2, -0.15) is 0 Å². The van der Waals surface area contributed by atoms with Crippen LogP contribution in [0.25, 0.3) is 0 Å². The Bertz CT molecular complexity index is 85.7. The van der Waals surface area contributed by atoms with E-state index in [0.29, 0.717) is 21.2 Å². The van der Waals surface area contributed by atoms with Gasteiger partial charge in [0.15, 0.2) is 0 Å². The first-order valence-corrected chi connectivity index (χ1v) is 6.01. The molecule has 0 aromatic rings. The Labute approximate surface area is 66.6 Å². The van der Waals surface area contributed by atoms with Gasteiger partial charge in [-0.05, 0) is 0 Å². The van der Waals surface area contributed by atoms with Gasteiger partial charge in [-0.1, -0.05) is 0 Å². The molecule has 2 aliphatic heterocycles. The Morgan fingerprint density at radius 1 is 1.71 bits per heavy atom. The molecule has 0 aromatic carbocycles. The monoisotopic (exact) mass is 323 g/mol. The fourth-order valence-electron chi connectivity index (χ4n) is 0.757. The molecule has 0 spiro atoms. The van der Waals surface area contributed by atoms with Crippen LogP contribution in [0.15, 0.2) is 0 Å². The molecule has 3 atom stereocenters. The van der Waals surface area contributed by atoms with Crippen molar-refractivity contribution in [3.05, 3.63) is 0 Å². The summed E-state index contributed by atoms with van der Waals surface area (Å²) in [5, 5.41) is 0. The van der Waals surface area contributed by atoms with E-state index in [-0.39, 0.29) is 0 Å². The average Bonchev–Trinajstić information content (AvgIpc) is 2.15. The van der Waals surface area contributed by atoms with Gasteiger partial charge in [0.2, 0.25) is 0 Å². The number of fused-ring (bicyclic) bond motifs is 1. The first-order chi connectivity index (χ1) is 3.36. The summed E-state index contributed by atoms with van der Waals surface area (Å²) in [6.45, 7) is 0. The van der Waals surface area contributed by atoms with Gasteiger partial charge < -0.3 is 0 Å². The maximum absolute atomic E-state index is 5.27. The Morgan fingerprint density at radius 3 is 2.86 bits per heavy atom. The fraction of sp³-hybridized carbons (Fsp3) is 1.00. The van der Waals surface area contributed by atoms with Crippen LogP contribution in [0.4, 0.5) is 0 Å². The van der Waals surface area contributed by atoms with Gasteiger partial charge in [0, 0.05) is 0 Å². The van der Waals surface area contributed by atoms with Crippen molar-refractivity contribution < 1.29 is 25.9 Å². The first-order valence-electron chi connectivity index (χ1n) is 2.28. The van der Waals surface area contributed by atoms with Gasteiger partial charge >= 0.3 is 67.1 Å². The summed E-state index contributed by atoms with van der Waals surface area (Å²) < 4.78 is 7.09. The summed E-state index contributed by atoms with van der Waals surface area (Å²) in [6.07, 6.45) is 2.09. The van der Waals surface area contributed by atoms with Crippen molar-refractivity contribution in [2.75, 3.05) is 0 Å². The Balaban J connectivity index is 2.02. The van der Waals surface area contributed by atoms with Crippen molar-refractivity contribution in [2.45, 2.75) is 18.6 Å². The molecule has 2 fully saturated rings. The third-order valence-electron chi connectivity index (χ3n) is 1.19. The van der Waals surface area contributed by atoms with Crippen molar-refractivity contribution in [3.63, 3.8) is 0 Å². The van der Waals surface area contributed by atoms with E-state index in [4.69, 9.17) is 4.74 Å². The number of alkyl halides is 3. The average molecular weight is 323 g/mol. The van der Waals surface area contributed by atoms with E-state index >= 15 is 0 Å². The van der Waals surface area contributed by atoms with E-state index in [1.807, 2.05) is 0 Å². The number of hydrogen-bond acceptors (Lipinski definition) is 1. The van der Waals surface area contributed by atoms with E-state index < -0.39 is 0 Å². The Morgan fingerprint density at radius 2 is 2.57 bits per heavy atom. The standard InChI is InChI=1S/C4H5I2O/c5-3-1-2-4(6-3)7-2/h2-4H,1H2/q-1/t2-,3?,4?/m1/s1. The van der Waals surface area contributed by atoms with Crippen molar-refractivity contribution in [1.29, 1.82) is 0 Å². The molecule has 2 heterocycles. The van der Waals surface area contributed by atoms with Crippen molar-refractivity contribution in [3.8, 4) is 0 Å². The molecule has 0 amide bonds. The molecule has 2 aliphatic rings. The molecule has 0 aliphatic carbocycles. The molecule has 0 N–H and O–H groups in total. The second-order valence-electron chi connectivity index (χ2n) is 1.78. The van der Waals surface area contributed by atoms with Crippen LogP contribution in [0.1, 0.15) is 6.42 Å². The van der Waals surface area contributed by atoms with E-state index in [9.17, 15) is 0 Å². The van der Waals surface area contributed by atoms with Crippen molar-refractivity contribution in [2.24, 2.45) is 0 Å². The quantitative estimate of drug-likeness (QED) is 0.285. The molecule has 0 aromatic heterocycles. The third-order valence-corrected chi connectivity index (χ3v) is 6.62. The van der Waals surface area contributed by atoms with Gasteiger partial charge in [-0.25, -0.2) is 0 Å². The fourth-order valence-corrected chi connectivity index (χ4v) is 5.92. The predicted octanol–water partition coefficient (Wildman–Crippen LogP) is -2.03. The Kier molecular flexibility index (Phi) is 1.27. The van der Waals surface area contributed by atoms with Gasteiger partial charge in [-0.3, -0.25) is 0 Å². The summed E-state index contributed by atoms with van der Waals surface area (Å²) in [6, 6.07) is 0.